The Morgan fingerprint density at radius 2 is 2.15 bits per heavy atom. The smallest absolute Gasteiger partial charge is 0.136 e. The molecule has 2 rings (SSSR count). The van der Waals surface area contributed by atoms with Gasteiger partial charge in [0, 0.05) is 17.8 Å². The minimum atomic E-state index is -0.240. The first-order chi connectivity index (χ1) is 6.14. The first-order valence-corrected chi connectivity index (χ1v) is 5.35. The Morgan fingerprint density at radius 3 is 2.85 bits per heavy atom. The van der Waals surface area contributed by atoms with Gasteiger partial charge in [0.15, 0.2) is 0 Å². The quantitative estimate of drug-likeness (QED) is 0.621. The maximum atomic E-state index is 11.7. The second-order valence-electron chi connectivity index (χ2n) is 4.82. The van der Waals surface area contributed by atoms with Gasteiger partial charge in [0.2, 0.25) is 0 Å². The molecule has 1 N–H and O–H groups in total. The predicted molar refractivity (Wildman–Crippen MR) is 50.3 cm³/mol. The van der Waals surface area contributed by atoms with Gasteiger partial charge in [0.05, 0.1) is 6.10 Å². The van der Waals surface area contributed by atoms with Gasteiger partial charge in [-0.05, 0) is 25.7 Å². The summed E-state index contributed by atoms with van der Waals surface area (Å²) in [5, 5.41) is 9.93. The lowest BCUT2D eigenvalue weighted by atomic mass is 9.59. The average molecular weight is 182 g/mol. The molecule has 0 bridgehead atoms. The Bertz CT molecular complexity index is 224. The van der Waals surface area contributed by atoms with E-state index in [4.69, 9.17) is 0 Å². The van der Waals surface area contributed by atoms with Crippen LogP contribution in [0.25, 0.3) is 0 Å². The molecule has 0 radical (unpaired) electrons. The minimum Gasteiger partial charge on any atom is -0.393 e. The van der Waals surface area contributed by atoms with Crippen molar-refractivity contribution in [1.82, 2.24) is 0 Å². The van der Waals surface area contributed by atoms with Crippen molar-refractivity contribution in [2.24, 2.45) is 11.3 Å². The zero-order valence-corrected chi connectivity index (χ0v) is 8.25. The van der Waals surface area contributed by atoms with E-state index in [1.165, 1.54) is 0 Å². The van der Waals surface area contributed by atoms with Crippen molar-refractivity contribution < 1.29 is 9.90 Å². The molecule has 2 nitrogen and oxygen atoms in total. The normalized spacial score (nSPS) is 45.8. The number of ketones is 1. The summed E-state index contributed by atoms with van der Waals surface area (Å²) >= 11 is 0. The van der Waals surface area contributed by atoms with Crippen molar-refractivity contribution in [3.05, 3.63) is 0 Å². The van der Waals surface area contributed by atoms with Crippen LogP contribution >= 0.6 is 0 Å². The van der Waals surface area contributed by atoms with Crippen LogP contribution in [0.5, 0.6) is 0 Å². The maximum absolute atomic E-state index is 11.7. The van der Waals surface area contributed by atoms with E-state index in [2.05, 4.69) is 6.92 Å². The van der Waals surface area contributed by atoms with Crippen LogP contribution in [0.1, 0.15) is 45.4 Å². The van der Waals surface area contributed by atoms with E-state index in [-0.39, 0.29) is 17.4 Å². The zero-order chi connectivity index (χ0) is 9.47. The number of carbonyl (C=O) groups is 1. The number of fused-ring (bicyclic) bond motifs is 1. The standard InChI is InChI=1S/C11H18O2/c1-11-7-3-5-9(12)8(11)4-2-6-10(11)13/h8,10,13H,2-7H2,1H3/t8-,10-,11+/m1/s1. The van der Waals surface area contributed by atoms with Gasteiger partial charge in [0.1, 0.15) is 5.78 Å². The molecule has 0 spiro atoms. The topological polar surface area (TPSA) is 37.3 Å². The lowest BCUT2D eigenvalue weighted by molar-refractivity contribution is -0.140. The molecule has 2 aliphatic carbocycles. The van der Waals surface area contributed by atoms with Crippen molar-refractivity contribution in [3.63, 3.8) is 0 Å². The molecule has 2 aliphatic rings. The minimum absolute atomic E-state index is 0.0897. The number of Topliss-reactive ketones (excluding diaryl/α,β-unsaturated/α-hetero) is 1. The fraction of sp³-hybridized carbons (Fsp3) is 0.909. The molecular weight excluding hydrogens is 164 g/mol. The third-order valence-electron chi connectivity index (χ3n) is 4.05. The van der Waals surface area contributed by atoms with Crippen molar-refractivity contribution in [3.8, 4) is 0 Å². The van der Waals surface area contributed by atoms with Crippen LogP contribution in [-0.2, 0) is 4.79 Å². The molecule has 0 aromatic rings. The average Bonchev–Trinajstić information content (AvgIpc) is 2.08. The summed E-state index contributed by atoms with van der Waals surface area (Å²) in [5.41, 5.74) is -0.0897. The molecule has 0 aliphatic heterocycles. The summed E-state index contributed by atoms with van der Waals surface area (Å²) in [5.74, 6) is 0.553. The lowest BCUT2D eigenvalue weighted by Gasteiger charge is -2.47. The van der Waals surface area contributed by atoms with E-state index in [1.54, 1.807) is 0 Å². The maximum Gasteiger partial charge on any atom is 0.136 e. The highest BCUT2D eigenvalue weighted by atomic mass is 16.3. The highest BCUT2D eigenvalue weighted by Gasteiger charge is 2.47. The Balaban J connectivity index is 2.24. The van der Waals surface area contributed by atoms with Crippen molar-refractivity contribution >= 4 is 5.78 Å². The van der Waals surface area contributed by atoms with Crippen molar-refractivity contribution in [1.29, 1.82) is 0 Å². The first-order valence-electron chi connectivity index (χ1n) is 5.35. The summed E-state index contributed by atoms with van der Waals surface area (Å²) in [4.78, 5) is 11.7. The highest BCUT2D eigenvalue weighted by Crippen LogP contribution is 2.48. The number of hydrogen-bond acceptors (Lipinski definition) is 2. The molecule has 0 aromatic carbocycles. The molecule has 0 heterocycles. The molecule has 13 heavy (non-hydrogen) atoms. The van der Waals surface area contributed by atoms with Crippen LogP contribution in [0.15, 0.2) is 0 Å². The molecule has 2 heteroatoms. The second kappa shape index (κ2) is 3.09. The van der Waals surface area contributed by atoms with Crippen LogP contribution in [0.4, 0.5) is 0 Å². The number of carbonyl (C=O) groups excluding carboxylic acids is 1. The van der Waals surface area contributed by atoms with Gasteiger partial charge >= 0.3 is 0 Å². The Labute approximate surface area is 79.3 Å². The Morgan fingerprint density at radius 1 is 1.38 bits per heavy atom. The number of hydrogen-bond donors (Lipinski definition) is 1. The first kappa shape index (κ1) is 9.20. The summed E-state index contributed by atoms with van der Waals surface area (Å²) in [6.45, 7) is 2.10. The van der Waals surface area contributed by atoms with E-state index in [0.29, 0.717) is 5.78 Å². The third-order valence-corrected chi connectivity index (χ3v) is 4.05. The number of aliphatic hydroxyl groups is 1. The van der Waals surface area contributed by atoms with Crippen LogP contribution in [0, 0.1) is 11.3 Å². The summed E-state index contributed by atoms with van der Waals surface area (Å²) in [7, 11) is 0. The zero-order valence-electron chi connectivity index (χ0n) is 8.25. The lowest BCUT2D eigenvalue weighted by Crippen LogP contribution is -2.48. The Kier molecular flexibility index (Phi) is 2.18. The van der Waals surface area contributed by atoms with Gasteiger partial charge in [-0.3, -0.25) is 4.79 Å². The fourth-order valence-electron chi connectivity index (χ4n) is 3.09. The monoisotopic (exact) mass is 182 g/mol. The summed E-state index contributed by atoms with van der Waals surface area (Å²) < 4.78 is 0. The molecule has 2 fully saturated rings. The van der Waals surface area contributed by atoms with E-state index in [9.17, 15) is 9.90 Å². The SMILES string of the molecule is C[C@]12CCCC(=O)[C@H]1CCC[C@H]2O. The van der Waals surface area contributed by atoms with Gasteiger partial charge in [-0.25, -0.2) is 0 Å². The van der Waals surface area contributed by atoms with Crippen LogP contribution < -0.4 is 0 Å². The summed E-state index contributed by atoms with van der Waals surface area (Å²) in [6.07, 6.45) is 5.43. The largest absolute Gasteiger partial charge is 0.393 e. The molecule has 0 unspecified atom stereocenters. The van der Waals surface area contributed by atoms with Crippen LogP contribution in [0.2, 0.25) is 0 Å². The van der Waals surface area contributed by atoms with E-state index in [0.717, 1.165) is 38.5 Å². The van der Waals surface area contributed by atoms with Crippen molar-refractivity contribution in [2.75, 3.05) is 0 Å². The van der Waals surface area contributed by atoms with E-state index < -0.39 is 0 Å². The van der Waals surface area contributed by atoms with Gasteiger partial charge < -0.3 is 5.11 Å². The van der Waals surface area contributed by atoms with Gasteiger partial charge in [-0.15, -0.1) is 0 Å². The van der Waals surface area contributed by atoms with E-state index >= 15 is 0 Å². The van der Waals surface area contributed by atoms with Gasteiger partial charge in [0.25, 0.3) is 0 Å². The van der Waals surface area contributed by atoms with Crippen molar-refractivity contribution in [2.45, 2.75) is 51.6 Å². The third kappa shape index (κ3) is 1.32. The highest BCUT2D eigenvalue weighted by molar-refractivity contribution is 5.82. The molecule has 0 amide bonds. The molecule has 2 saturated carbocycles. The van der Waals surface area contributed by atoms with Crippen LogP contribution in [-0.4, -0.2) is 17.0 Å². The Hall–Kier alpha value is -0.370. The van der Waals surface area contributed by atoms with E-state index in [1.807, 2.05) is 0 Å². The van der Waals surface area contributed by atoms with Gasteiger partial charge in [-0.1, -0.05) is 13.3 Å². The second-order valence-corrected chi connectivity index (χ2v) is 4.82. The molecule has 0 saturated heterocycles. The van der Waals surface area contributed by atoms with Gasteiger partial charge in [-0.2, -0.15) is 0 Å². The predicted octanol–water partition coefficient (Wildman–Crippen LogP) is 1.91. The number of aliphatic hydroxyl groups excluding tert-OH is 1. The molecule has 74 valence electrons. The van der Waals surface area contributed by atoms with Crippen LogP contribution in [0.3, 0.4) is 0 Å². The molecule has 0 aromatic heterocycles. The molecule has 3 atom stereocenters. The molecular formula is C11H18O2. The fourth-order valence-corrected chi connectivity index (χ4v) is 3.09. The summed E-state index contributed by atoms with van der Waals surface area (Å²) in [6, 6.07) is 0. The number of rotatable bonds is 0.